The zero-order valence-corrected chi connectivity index (χ0v) is 12.2. The lowest BCUT2D eigenvalue weighted by molar-refractivity contribution is -0.120. The molecule has 5 nitrogen and oxygen atoms in total. The molecule has 0 N–H and O–H groups in total. The fourth-order valence-electron chi connectivity index (χ4n) is 2.23. The van der Waals surface area contributed by atoms with Crippen LogP contribution in [-0.4, -0.2) is 20.2 Å². The fourth-order valence-corrected chi connectivity index (χ4v) is 3.70. The lowest BCUT2D eigenvalue weighted by Gasteiger charge is -2.18. The maximum atomic E-state index is 12.8. The summed E-state index contributed by atoms with van der Waals surface area (Å²) >= 11 is 0. The van der Waals surface area contributed by atoms with Crippen LogP contribution in [0.1, 0.15) is 0 Å². The van der Waals surface area contributed by atoms with Gasteiger partial charge in [0.2, 0.25) is 9.84 Å². The molecule has 1 heterocycles. The number of amides is 2. The highest BCUT2D eigenvalue weighted by Crippen LogP contribution is 2.31. The summed E-state index contributed by atoms with van der Waals surface area (Å²) in [5.74, 6) is -1.11. The molecule has 0 atom stereocenters. The molecule has 6 heteroatoms. The third-order valence-corrected chi connectivity index (χ3v) is 5.08. The van der Waals surface area contributed by atoms with Gasteiger partial charge in [-0.15, -0.1) is 0 Å². The first-order chi connectivity index (χ1) is 10.5. The summed E-state index contributed by atoms with van der Waals surface area (Å²) < 4.78 is 25.5. The Labute approximate surface area is 127 Å². The molecule has 1 aliphatic heterocycles. The van der Waals surface area contributed by atoms with Gasteiger partial charge in [0, 0.05) is 12.2 Å². The molecule has 0 aromatic heterocycles. The van der Waals surface area contributed by atoms with Gasteiger partial charge < -0.3 is 0 Å². The molecule has 0 bridgehead atoms. The van der Waals surface area contributed by atoms with Crippen molar-refractivity contribution in [3.63, 3.8) is 0 Å². The number of benzene rings is 2. The number of carbonyl (C=O) groups excluding carboxylic acids is 2. The molecule has 0 fully saturated rings. The predicted molar refractivity (Wildman–Crippen MR) is 80.0 cm³/mol. The second-order valence-corrected chi connectivity index (χ2v) is 6.55. The van der Waals surface area contributed by atoms with Crippen molar-refractivity contribution >= 4 is 27.3 Å². The topological polar surface area (TPSA) is 71.5 Å². The molecule has 0 aliphatic carbocycles. The van der Waals surface area contributed by atoms with Crippen molar-refractivity contribution < 1.29 is 18.0 Å². The SMILES string of the molecule is O=C1C=CC(=O)N1c1ccccc1S(=O)(=O)c1ccccc1. The molecule has 2 aromatic rings. The normalized spacial score (nSPS) is 14.6. The minimum absolute atomic E-state index is 0.0614. The number of para-hydroxylation sites is 1. The van der Waals surface area contributed by atoms with E-state index in [1.165, 1.54) is 24.3 Å². The van der Waals surface area contributed by atoms with E-state index in [4.69, 9.17) is 0 Å². The number of hydrogen-bond donors (Lipinski definition) is 0. The summed E-state index contributed by atoms with van der Waals surface area (Å²) in [6, 6.07) is 13.8. The van der Waals surface area contributed by atoms with Gasteiger partial charge in [-0.25, -0.2) is 13.3 Å². The average molecular weight is 313 g/mol. The first-order valence-corrected chi connectivity index (χ1v) is 7.95. The molecule has 2 aromatic carbocycles. The molecule has 22 heavy (non-hydrogen) atoms. The van der Waals surface area contributed by atoms with E-state index in [1.807, 2.05) is 0 Å². The predicted octanol–water partition coefficient (Wildman–Crippen LogP) is 1.95. The van der Waals surface area contributed by atoms with Crippen molar-refractivity contribution in [1.29, 1.82) is 0 Å². The van der Waals surface area contributed by atoms with Crippen LogP contribution < -0.4 is 4.90 Å². The van der Waals surface area contributed by atoms with Gasteiger partial charge >= 0.3 is 0 Å². The van der Waals surface area contributed by atoms with Crippen LogP contribution in [-0.2, 0) is 19.4 Å². The lowest BCUT2D eigenvalue weighted by Crippen LogP contribution is -2.31. The van der Waals surface area contributed by atoms with Crippen LogP contribution in [0.3, 0.4) is 0 Å². The van der Waals surface area contributed by atoms with Crippen molar-refractivity contribution in [1.82, 2.24) is 0 Å². The molecular weight excluding hydrogens is 302 g/mol. The van der Waals surface area contributed by atoms with Gasteiger partial charge in [-0.05, 0) is 24.3 Å². The monoisotopic (exact) mass is 313 g/mol. The molecule has 2 amide bonds. The second-order valence-electron chi connectivity index (χ2n) is 4.63. The van der Waals surface area contributed by atoms with E-state index in [-0.39, 0.29) is 15.5 Å². The van der Waals surface area contributed by atoms with Crippen LogP contribution in [0.15, 0.2) is 76.5 Å². The molecule has 1 aliphatic rings. The van der Waals surface area contributed by atoms with Crippen molar-refractivity contribution in [3.8, 4) is 0 Å². The van der Waals surface area contributed by atoms with E-state index in [2.05, 4.69) is 0 Å². The van der Waals surface area contributed by atoms with Crippen molar-refractivity contribution in [2.45, 2.75) is 9.79 Å². The summed E-state index contributed by atoms with van der Waals surface area (Å²) in [5, 5.41) is 0. The third-order valence-electron chi connectivity index (χ3n) is 3.26. The largest absolute Gasteiger partial charge is 0.269 e. The Bertz CT molecular complexity index is 867. The summed E-state index contributed by atoms with van der Waals surface area (Å²) in [5.41, 5.74) is 0.0614. The first-order valence-electron chi connectivity index (χ1n) is 6.47. The summed E-state index contributed by atoms with van der Waals surface area (Å²) in [4.78, 5) is 24.5. The number of nitrogens with zero attached hydrogens (tertiary/aromatic N) is 1. The van der Waals surface area contributed by atoms with E-state index in [0.717, 1.165) is 17.1 Å². The maximum Gasteiger partial charge on any atom is 0.258 e. The van der Waals surface area contributed by atoms with Crippen molar-refractivity contribution in [2.24, 2.45) is 0 Å². The van der Waals surface area contributed by atoms with Crippen LogP contribution in [0.2, 0.25) is 0 Å². The Morgan fingerprint density at radius 1 is 0.727 bits per heavy atom. The minimum Gasteiger partial charge on any atom is -0.269 e. The van der Waals surface area contributed by atoms with Gasteiger partial charge in [-0.2, -0.15) is 0 Å². The quantitative estimate of drug-likeness (QED) is 0.812. The van der Waals surface area contributed by atoms with Crippen LogP contribution in [0.5, 0.6) is 0 Å². The maximum absolute atomic E-state index is 12.8. The smallest absolute Gasteiger partial charge is 0.258 e. The van der Waals surface area contributed by atoms with Crippen LogP contribution >= 0.6 is 0 Å². The zero-order chi connectivity index (χ0) is 15.7. The summed E-state index contributed by atoms with van der Waals surface area (Å²) in [6.45, 7) is 0. The molecule has 0 saturated carbocycles. The molecule has 0 spiro atoms. The minimum atomic E-state index is -3.83. The number of sulfone groups is 1. The highest BCUT2D eigenvalue weighted by molar-refractivity contribution is 7.91. The van der Waals surface area contributed by atoms with Gasteiger partial charge in [0.1, 0.15) is 0 Å². The van der Waals surface area contributed by atoms with Crippen LogP contribution in [0.25, 0.3) is 0 Å². The molecule has 0 saturated heterocycles. The Balaban J connectivity index is 2.18. The van der Waals surface area contributed by atoms with E-state index >= 15 is 0 Å². The Morgan fingerprint density at radius 3 is 1.91 bits per heavy atom. The first kappa shape index (κ1) is 14.2. The molecule has 0 unspecified atom stereocenters. The lowest BCUT2D eigenvalue weighted by atomic mass is 10.3. The highest BCUT2D eigenvalue weighted by Gasteiger charge is 2.31. The van der Waals surface area contributed by atoms with Crippen LogP contribution in [0.4, 0.5) is 5.69 Å². The number of rotatable bonds is 3. The Hall–Kier alpha value is -2.73. The number of anilines is 1. The second kappa shape index (κ2) is 5.23. The molecule has 110 valence electrons. The van der Waals surface area contributed by atoms with E-state index < -0.39 is 21.7 Å². The van der Waals surface area contributed by atoms with Crippen LogP contribution in [0, 0.1) is 0 Å². The number of imide groups is 1. The van der Waals surface area contributed by atoms with Gasteiger partial charge in [0.25, 0.3) is 11.8 Å². The third kappa shape index (κ3) is 2.23. The Kier molecular flexibility index (Phi) is 3.38. The van der Waals surface area contributed by atoms with E-state index in [9.17, 15) is 18.0 Å². The summed E-state index contributed by atoms with van der Waals surface area (Å²) in [6.07, 6.45) is 2.24. The van der Waals surface area contributed by atoms with Crippen molar-refractivity contribution in [2.75, 3.05) is 4.90 Å². The fraction of sp³-hybridized carbons (Fsp3) is 0. The molecule has 0 radical (unpaired) electrons. The van der Waals surface area contributed by atoms with Gasteiger partial charge in [0.15, 0.2) is 0 Å². The number of hydrogen-bond acceptors (Lipinski definition) is 4. The standard InChI is InChI=1S/C16H11NO4S/c18-15-10-11-16(19)17(15)13-8-4-5-9-14(13)22(20,21)12-6-2-1-3-7-12/h1-11H. The highest BCUT2D eigenvalue weighted by atomic mass is 32.2. The van der Waals surface area contributed by atoms with Gasteiger partial charge in [-0.1, -0.05) is 30.3 Å². The Morgan fingerprint density at radius 2 is 1.27 bits per heavy atom. The zero-order valence-electron chi connectivity index (χ0n) is 11.3. The van der Waals surface area contributed by atoms with Crippen molar-refractivity contribution in [3.05, 3.63) is 66.7 Å². The molecule has 3 rings (SSSR count). The summed E-state index contributed by atoms with van der Waals surface area (Å²) in [7, 11) is -3.83. The number of carbonyl (C=O) groups is 2. The van der Waals surface area contributed by atoms with Gasteiger partial charge in [-0.3, -0.25) is 9.59 Å². The van der Waals surface area contributed by atoms with E-state index in [1.54, 1.807) is 30.3 Å². The van der Waals surface area contributed by atoms with E-state index in [0.29, 0.717) is 0 Å². The average Bonchev–Trinajstić information content (AvgIpc) is 2.87. The van der Waals surface area contributed by atoms with Gasteiger partial charge in [0.05, 0.1) is 15.5 Å². The molecular formula is C16H11NO4S.